The van der Waals surface area contributed by atoms with Gasteiger partial charge < -0.3 is 21.9 Å². The molecule has 13 heavy (non-hydrogen) atoms. The number of pyridine rings is 1. The molecule has 0 bridgehead atoms. The van der Waals surface area contributed by atoms with Crippen molar-refractivity contribution in [2.75, 3.05) is 18.0 Å². The summed E-state index contributed by atoms with van der Waals surface area (Å²) in [6, 6.07) is 6.85. The zero-order valence-corrected chi connectivity index (χ0v) is 10.5. The van der Waals surface area contributed by atoms with E-state index in [0.717, 1.165) is 18.9 Å². The Morgan fingerprint density at radius 2 is 2.00 bits per heavy atom. The second-order valence-corrected chi connectivity index (χ2v) is 2.81. The molecule has 1 aromatic heterocycles. The predicted octanol–water partition coefficient (Wildman–Crippen LogP) is -1.89. The van der Waals surface area contributed by atoms with Crippen LogP contribution in [-0.2, 0) is 0 Å². The zero-order chi connectivity index (χ0) is 7.52. The first kappa shape index (κ1) is 13.2. The molecule has 1 aliphatic heterocycles. The first-order valence-corrected chi connectivity index (χ1v) is 4.04. The van der Waals surface area contributed by atoms with Crippen LogP contribution in [0.3, 0.4) is 0 Å². The molecule has 2 nitrogen and oxygen atoms in total. The Labute approximate surface area is 106 Å². The van der Waals surface area contributed by atoms with Gasteiger partial charge in [-0.15, -0.1) is 0 Å². The molecule has 0 N–H and O–H groups in total. The third kappa shape index (κ3) is 3.44. The maximum absolute atomic E-state index is 4.23. The van der Waals surface area contributed by atoms with E-state index in [1.165, 1.54) is 12.8 Å². The molecule has 0 amide bonds. The van der Waals surface area contributed by atoms with Gasteiger partial charge in [-0.25, -0.2) is 12.1 Å². The third-order valence-electron chi connectivity index (χ3n) is 2.03. The molecular formula is C9H11BrMgN2. The summed E-state index contributed by atoms with van der Waals surface area (Å²) in [5.74, 6) is 1.10. The Hall–Kier alpha value is 0.196. The molecule has 0 atom stereocenters. The Morgan fingerprint density at radius 1 is 1.31 bits per heavy atom. The summed E-state index contributed by atoms with van der Waals surface area (Å²) in [5, 5.41) is 0. The molecule has 0 spiro atoms. The van der Waals surface area contributed by atoms with E-state index in [1.54, 1.807) is 6.20 Å². The van der Waals surface area contributed by atoms with E-state index in [0.29, 0.717) is 0 Å². The van der Waals surface area contributed by atoms with Gasteiger partial charge in [0, 0.05) is 18.9 Å². The molecule has 1 saturated heterocycles. The minimum Gasteiger partial charge on any atom is -1.00 e. The Bertz CT molecular complexity index is 224. The number of aromatic nitrogens is 1. The summed E-state index contributed by atoms with van der Waals surface area (Å²) in [6.45, 7) is 2.33. The average Bonchev–Trinajstić information content (AvgIpc) is 2.58. The third-order valence-corrected chi connectivity index (χ3v) is 2.03. The summed E-state index contributed by atoms with van der Waals surface area (Å²) >= 11 is 0. The van der Waals surface area contributed by atoms with Gasteiger partial charge in [-0.1, -0.05) is 6.20 Å². The van der Waals surface area contributed by atoms with Crippen molar-refractivity contribution < 1.29 is 17.0 Å². The summed E-state index contributed by atoms with van der Waals surface area (Å²) in [7, 11) is 0. The standard InChI is InChI=1S/C9H11N2.BrH.Mg/c1-2-6-10-9(5-1)11-7-3-4-8-11;;/h1,5-6H,3-4,7-8H2;1H;/q-1;;+2/p-1. The molecule has 0 saturated carbocycles. The number of hydrogen-bond donors (Lipinski definition) is 0. The number of halogens is 1. The molecule has 0 unspecified atom stereocenters. The van der Waals surface area contributed by atoms with Crippen LogP contribution in [0.2, 0.25) is 0 Å². The number of nitrogens with zero attached hydrogens (tertiary/aromatic N) is 2. The van der Waals surface area contributed by atoms with Crippen LogP contribution in [0.1, 0.15) is 12.8 Å². The fraction of sp³-hybridized carbons (Fsp3) is 0.444. The summed E-state index contributed by atoms with van der Waals surface area (Å²) in [5.41, 5.74) is 0. The quantitative estimate of drug-likeness (QED) is 0.428. The average molecular weight is 251 g/mol. The van der Waals surface area contributed by atoms with E-state index in [9.17, 15) is 0 Å². The van der Waals surface area contributed by atoms with Gasteiger partial charge >= 0.3 is 23.1 Å². The van der Waals surface area contributed by atoms with Crippen molar-refractivity contribution in [3.63, 3.8) is 0 Å². The van der Waals surface area contributed by atoms with E-state index in [2.05, 4.69) is 16.0 Å². The van der Waals surface area contributed by atoms with E-state index in [-0.39, 0.29) is 40.0 Å². The van der Waals surface area contributed by atoms with Gasteiger partial charge in [0.25, 0.3) is 0 Å². The van der Waals surface area contributed by atoms with Gasteiger partial charge in [0.05, 0.1) is 0 Å². The van der Waals surface area contributed by atoms with Crippen LogP contribution >= 0.6 is 0 Å². The van der Waals surface area contributed by atoms with Crippen LogP contribution in [0, 0.1) is 6.07 Å². The Kier molecular flexibility index (Phi) is 6.72. The van der Waals surface area contributed by atoms with Crippen molar-refractivity contribution in [2.24, 2.45) is 0 Å². The summed E-state index contributed by atoms with van der Waals surface area (Å²) in [6.07, 6.45) is 4.34. The van der Waals surface area contributed by atoms with E-state index in [4.69, 9.17) is 0 Å². The zero-order valence-electron chi connectivity index (χ0n) is 7.54. The topological polar surface area (TPSA) is 16.1 Å². The van der Waals surface area contributed by atoms with Crippen molar-refractivity contribution in [2.45, 2.75) is 12.8 Å². The molecule has 1 fully saturated rings. The molecule has 0 aliphatic carbocycles. The van der Waals surface area contributed by atoms with E-state index in [1.807, 2.05) is 12.1 Å². The molecule has 1 aromatic rings. The maximum Gasteiger partial charge on any atom is 2.00 e. The fourth-order valence-corrected chi connectivity index (χ4v) is 1.45. The van der Waals surface area contributed by atoms with Crippen molar-refractivity contribution in [3.8, 4) is 0 Å². The molecule has 66 valence electrons. The monoisotopic (exact) mass is 250 g/mol. The van der Waals surface area contributed by atoms with Gasteiger partial charge in [0.15, 0.2) is 0 Å². The summed E-state index contributed by atoms with van der Waals surface area (Å²) in [4.78, 5) is 6.54. The Balaban J connectivity index is 0.000000720. The predicted molar refractivity (Wildman–Crippen MR) is 50.3 cm³/mol. The number of hydrogen-bond acceptors (Lipinski definition) is 2. The van der Waals surface area contributed by atoms with Crippen molar-refractivity contribution in [1.82, 2.24) is 4.98 Å². The fourth-order valence-electron chi connectivity index (χ4n) is 1.45. The van der Waals surface area contributed by atoms with Gasteiger partial charge in [-0.05, 0) is 12.8 Å². The van der Waals surface area contributed by atoms with Gasteiger partial charge in [-0.2, -0.15) is 6.07 Å². The largest absolute Gasteiger partial charge is 2.00 e. The Morgan fingerprint density at radius 3 is 2.54 bits per heavy atom. The van der Waals surface area contributed by atoms with Crippen molar-refractivity contribution >= 4 is 28.9 Å². The van der Waals surface area contributed by atoms with Gasteiger partial charge in [0.1, 0.15) is 0 Å². The molecule has 0 radical (unpaired) electrons. The van der Waals surface area contributed by atoms with Crippen LogP contribution in [0.5, 0.6) is 0 Å². The van der Waals surface area contributed by atoms with Crippen LogP contribution in [0.4, 0.5) is 5.82 Å². The molecule has 4 heteroatoms. The molecule has 1 aliphatic rings. The van der Waals surface area contributed by atoms with Crippen molar-refractivity contribution in [3.05, 3.63) is 24.4 Å². The van der Waals surface area contributed by atoms with Crippen LogP contribution in [0.25, 0.3) is 0 Å². The van der Waals surface area contributed by atoms with E-state index < -0.39 is 0 Å². The normalized spacial score (nSPS) is 14.6. The van der Waals surface area contributed by atoms with Crippen LogP contribution < -0.4 is 21.9 Å². The minimum atomic E-state index is 0. The SMILES string of the molecule is [Br-].[Mg+2].[c-]1ccc(N2CCCC2)nc1. The second kappa shape index (κ2) is 6.62. The molecular weight excluding hydrogens is 240 g/mol. The second-order valence-electron chi connectivity index (χ2n) is 2.81. The maximum atomic E-state index is 4.23. The van der Waals surface area contributed by atoms with E-state index >= 15 is 0 Å². The number of anilines is 1. The number of rotatable bonds is 1. The molecule has 2 heterocycles. The van der Waals surface area contributed by atoms with Crippen LogP contribution in [-0.4, -0.2) is 41.1 Å². The molecule has 0 aromatic carbocycles. The summed E-state index contributed by atoms with van der Waals surface area (Å²) < 4.78 is 0. The minimum absolute atomic E-state index is 0. The molecule has 2 rings (SSSR count). The van der Waals surface area contributed by atoms with Gasteiger partial charge in [0.2, 0.25) is 0 Å². The van der Waals surface area contributed by atoms with Crippen LogP contribution in [0.15, 0.2) is 18.3 Å². The first-order valence-electron chi connectivity index (χ1n) is 4.04. The smallest absolute Gasteiger partial charge is 1.00 e. The first-order chi connectivity index (χ1) is 5.47. The van der Waals surface area contributed by atoms with Crippen molar-refractivity contribution in [1.29, 1.82) is 0 Å². The van der Waals surface area contributed by atoms with Gasteiger partial charge in [-0.3, -0.25) is 4.98 Å².